The maximum Gasteiger partial charge on any atom is 0.255 e. The van der Waals surface area contributed by atoms with Crippen LogP contribution in [0.15, 0.2) is 76.7 Å². The summed E-state index contributed by atoms with van der Waals surface area (Å²) in [4.78, 5) is 37.8. The smallest absolute Gasteiger partial charge is 0.255 e. The van der Waals surface area contributed by atoms with E-state index < -0.39 is 6.04 Å². The Balaban J connectivity index is 1.14. The molecule has 0 radical (unpaired) electrons. The number of piperazine rings is 1. The van der Waals surface area contributed by atoms with Crippen molar-refractivity contribution >= 4 is 11.6 Å². The second-order valence-corrected chi connectivity index (χ2v) is 9.94. The molecule has 0 saturated carbocycles. The molecule has 0 aliphatic carbocycles. The number of imidazole rings is 1. The third-order valence-corrected chi connectivity index (χ3v) is 7.21. The van der Waals surface area contributed by atoms with Crippen molar-refractivity contribution in [3.8, 4) is 22.6 Å². The van der Waals surface area contributed by atoms with Crippen LogP contribution in [0.25, 0.3) is 22.6 Å². The lowest BCUT2D eigenvalue weighted by molar-refractivity contribution is 0.354. The Labute approximate surface area is 230 Å². The number of aromatic nitrogens is 7. The topological polar surface area (TPSA) is 148 Å². The number of nitrogens with one attached hydrogen (secondary N) is 1. The molecule has 0 unspecified atom stereocenters. The molecule has 3 N–H and O–H groups in total. The number of nitrogens with zero attached hydrogens (tertiary/aromatic N) is 8. The van der Waals surface area contributed by atoms with Gasteiger partial charge in [-0.3, -0.25) is 14.3 Å². The molecule has 1 saturated heterocycles. The van der Waals surface area contributed by atoms with Crippen molar-refractivity contribution in [2.75, 3.05) is 29.4 Å². The van der Waals surface area contributed by atoms with Crippen LogP contribution in [0, 0.1) is 0 Å². The van der Waals surface area contributed by atoms with Crippen LogP contribution in [-0.2, 0) is 13.5 Å². The van der Waals surface area contributed by atoms with Crippen molar-refractivity contribution in [3.05, 3.63) is 89.3 Å². The van der Waals surface area contributed by atoms with Gasteiger partial charge in [-0.05, 0) is 43.3 Å². The summed E-state index contributed by atoms with van der Waals surface area (Å²) in [6.45, 7) is 4.44. The van der Waals surface area contributed by atoms with E-state index in [-0.39, 0.29) is 11.6 Å². The van der Waals surface area contributed by atoms with Gasteiger partial charge < -0.3 is 25.0 Å². The molecule has 0 bridgehead atoms. The van der Waals surface area contributed by atoms with Gasteiger partial charge in [-0.1, -0.05) is 5.16 Å². The zero-order chi connectivity index (χ0) is 27.6. The van der Waals surface area contributed by atoms with Crippen molar-refractivity contribution in [2.45, 2.75) is 25.4 Å². The van der Waals surface area contributed by atoms with Gasteiger partial charge in [0.1, 0.15) is 0 Å². The van der Waals surface area contributed by atoms with Gasteiger partial charge in [0.15, 0.2) is 0 Å². The first kappa shape index (κ1) is 25.4. The number of pyridine rings is 1. The number of hydrogen-bond donors (Lipinski definition) is 2. The minimum absolute atomic E-state index is 0.0891. The van der Waals surface area contributed by atoms with E-state index in [1.807, 2.05) is 24.3 Å². The lowest BCUT2D eigenvalue weighted by Gasteiger charge is -2.42. The predicted octanol–water partition coefficient (Wildman–Crippen LogP) is 2.57. The van der Waals surface area contributed by atoms with Gasteiger partial charge >= 0.3 is 0 Å². The molecule has 1 fully saturated rings. The molecule has 12 nitrogen and oxygen atoms in total. The number of hydrogen-bond acceptors (Lipinski definition) is 10. The second kappa shape index (κ2) is 10.7. The molecule has 4 aromatic heterocycles. The SMILES string of the molecule is C[C@@H]1CN(c2ccc(-c3noc([C@@H](N)Cc4c[nH]cn4)n3)cc2)CCN1c1nc(-c2ccncc2)cc(=O)n1C. The van der Waals surface area contributed by atoms with Gasteiger partial charge in [0.2, 0.25) is 17.7 Å². The summed E-state index contributed by atoms with van der Waals surface area (Å²) in [5.41, 5.74) is 10.5. The van der Waals surface area contributed by atoms with Gasteiger partial charge in [-0.25, -0.2) is 9.97 Å². The first-order valence-electron chi connectivity index (χ1n) is 13.1. The summed E-state index contributed by atoms with van der Waals surface area (Å²) in [5, 5.41) is 4.13. The lowest BCUT2D eigenvalue weighted by atomic mass is 10.1. The number of benzene rings is 1. The van der Waals surface area contributed by atoms with Crippen LogP contribution in [0.3, 0.4) is 0 Å². The first-order valence-corrected chi connectivity index (χ1v) is 13.1. The average Bonchev–Trinajstić information content (AvgIpc) is 3.68. The molecule has 5 aromatic rings. The van der Waals surface area contributed by atoms with Gasteiger partial charge in [0.05, 0.1) is 23.8 Å². The average molecular weight is 539 g/mol. The number of H-pyrrole nitrogens is 1. The van der Waals surface area contributed by atoms with Crippen LogP contribution in [-0.4, -0.2) is 60.3 Å². The van der Waals surface area contributed by atoms with E-state index in [4.69, 9.17) is 15.2 Å². The highest BCUT2D eigenvalue weighted by molar-refractivity contribution is 5.62. The third kappa shape index (κ3) is 5.08. The lowest BCUT2D eigenvalue weighted by Crippen LogP contribution is -2.53. The predicted molar refractivity (Wildman–Crippen MR) is 151 cm³/mol. The minimum Gasteiger partial charge on any atom is -0.368 e. The van der Waals surface area contributed by atoms with Crippen LogP contribution in [0.2, 0.25) is 0 Å². The van der Waals surface area contributed by atoms with Crippen molar-refractivity contribution < 1.29 is 4.52 Å². The second-order valence-electron chi connectivity index (χ2n) is 9.94. The summed E-state index contributed by atoms with van der Waals surface area (Å²) in [7, 11) is 1.77. The van der Waals surface area contributed by atoms with Crippen LogP contribution in [0.1, 0.15) is 24.6 Å². The molecule has 1 aromatic carbocycles. The fourth-order valence-corrected chi connectivity index (χ4v) is 4.98. The van der Waals surface area contributed by atoms with E-state index in [1.165, 1.54) is 0 Å². The fraction of sp³-hybridized carbons (Fsp3) is 0.286. The Kier molecular flexibility index (Phi) is 6.83. The zero-order valence-electron chi connectivity index (χ0n) is 22.3. The van der Waals surface area contributed by atoms with Gasteiger partial charge in [0, 0.05) is 80.6 Å². The molecule has 5 heterocycles. The molecule has 1 aliphatic rings. The van der Waals surface area contributed by atoms with Gasteiger partial charge in [-0.2, -0.15) is 4.98 Å². The van der Waals surface area contributed by atoms with Crippen LogP contribution < -0.4 is 21.1 Å². The van der Waals surface area contributed by atoms with E-state index in [0.29, 0.717) is 29.8 Å². The third-order valence-electron chi connectivity index (χ3n) is 7.21. The zero-order valence-corrected chi connectivity index (χ0v) is 22.3. The Bertz CT molecular complexity index is 1630. The first-order chi connectivity index (χ1) is 19.5. The molecule has 0 amide bonds. The summed E-state index contributed by atoms with van der Waals surface area (Å²) in [6.07, 6.45) is 7.33. The quantitative estimate of drug-likeness (QED) is 0.317. The monoisotopic (exact) mass is 538 g/mol. The Hall–Kier alpha value is -4.84. The van der Waals surface area contributed by atoms with Crippen molar-refractivity contribution in [3.63, 3.8) is 0 Å². The molecule has 12 heteroatoms. The fourth-order valence-electron chi connectivity index (χ4n) is 4.98. The van der Waals surface area contributed by atoms with Crippen molar-refractivity contribution in [1.29, 1.82) is 0 Å². The molecule has 6 rings (SSSR count). The van der Waals surface area contributed by atoms with Crippen LogP contribution in [0.4, 0.5) is 11.6 Å². The molecule has 1 aliphatic heterocycles. The summed E-state index contributed by atoms with van der Waals surface area (Å²) in [5.74, 6) is 1.54. The van der Waals surface area contributed by atoms with E-state index in [1.54, 1.807) is 42.6 Å². The molecule has 40 heavy (non-hydrogen) atoms. The molecule has 204 valence electrons. The minimum atomic E-state index is -0.430. The molecule has 2 atom stereocenters. The maximum absolute atomic E-state index is 12.8. The number of anilines is 2. The van der Waals surface area contributed by atoms with E-state index in [0.717, 1.165) is 42.1 Å². The number of rotatable bonds is 7. The van der Waals surface area contributed by atoms with Gasteiger partial charge in [-0.15, -0.1) is 0 Å². The van der Waals surface area contributed by atoms with Crippen LogP contribution >= 0.6 is 0 Å². The van der Waals surface area contributed by atoms with Crippen molar-refractivity contribution in [2.24, 2.45) is 12.8 Å². The highest BCUT2D eigenvalue weighted by Crippen LogP contribution is 2.27. The van der Waals surface area contributed by atoms with Crippen LogP contribution in [0.5, 0.6) is 0 Å². The number of aromatic amines is 1. The summed E-state index contributed by atoms with van der Waals surface area (Å²) >= 11 is 0. The Morgan fingerprint density at radius 2 is 1.90 bits per heavy atom. The molecular weight excluding hydrogens is 508 g/mol. The normalized spacial score (nSPS) is 16.3. The van der Waals surface area contributed by atoms with Gasteiger partial charge in [0.25, 0.3) is 5.56 Å². The molecule has 0 spiro atoms. The molecular formula is C28H30N10O2. The van der Waals surface area contributed by atoms with E-state index in [2.05, 4.69) is 53.9 Å². The van der Waals surface area contributed by atoms with E-state index in [9.17, 15) is 4.79 Å². The summed E-state index contributed by atoms with van der Waals surface area (Å²) < 4.78 is 7.04. The summed E-state index contributed by atoms with van der Waals surface area (Å²) in [6, 6.07) is 13.1. The Morgan fingerprint density at radius 3 is 2.62 bits per heavy atom. The van der Waals surface area contributed by atoms with Crippen molar-refractivity contribution in [1.82, 2.24) is 34.6 Å². The highest BCUT2D eigenvalue weighted by atomic mass is 16.5. The van der Waals surface area contributed by atoms with E-state index >= 15 is 0 Å². The maximum atomic E-state index is 12.8. The standard InChI is InChI=1S/C28H30N10O2/c1-18-16-37(11-12-38(18)28-33-24(14-25(39)36(28)2)19-7-9-30-10-8-19)22-5-3-20(4-6-22)26-34-27(40-35-26)23(29)13-21-15-31-17-32-21/h3-10,14-15,17-18,23H,11-13,16,29H2,1-2H3,(H,31,32)/t18-,23+/m1/s1. The highest BCUT2D eigenvalue weighted by Gasteiger charge is 2.27. The number of nitrogens with two attached hydrogens (primary N) is 1. The Morgan fingerprint density at radius 1 is 1.10 bits per heavy atom. The largest absolute Gasteiger partial charge is 0.368 e.